The highest BCUT2D eigenvalue weighted by Gasteiger charge is 2.15. The molecule has 0 aliphatic heterocycles. The summed E-state index contributed by atoms with van der Waals surface area (Å²) in [6.45, 7) is 12.0. The first kappa shape index (κ1) is 18.9. The number of methoxy groups -OCH3 is 1. The Morgan fingerprint density at radius 1 is 1.23 bits per heavy atom. The Balaban J connectivity index is 2.47. The van der Waals surface area contributed by atoms with Gasteiger partial charge in [0.15, 0.2) is 0 Å². The predicted octanol–water partition coefficient (Wildman–Crippen LogP) is 2.66. The topological polar surface area (TPSA) is 50.7 Å². The van der Waals surface area contributed by atoms with Crippen LogP contribution in [-0.2, 0) is 10.2 Å². The average molecular weight is 309 g/mol. The number of aliphatic hydroxyl groups is 1. The molecule has 0 unspecified atom stereocenters. The van der Waals surface area contributed by atoms with Crippen molar-refractivity contribution >= 4 is 0 Å². The second kappa shape index (κ2) is 8.51. The monoisotopic (exact) mass is 309 g/mol. The quantitative estimate of drug-likeness (QED) is 0.775. The molecule has 0 radical (unpaired) electrons. The second-order valence-electron chi connectivity index (χ2n) is 6.96. The van der Waals surface area contributed by atoms with Crippen LogP contribution in [0.25, 0.3) is 0 Å². The predicted molar refractivity (Wildman–Crippen MR) is 90.7 cm³/mol. The van der Waals surface area contributed by atoms with E-state index in [1.807, 2.05) is 19.9 Å². The Hall–Kier alpha value is -1.10. The Labute approximate surface area is 134 Å². The van der Waals surface area contributed by atoms with Gasteiger partial charge >= 0.3 is 0 Å². The lowest BCUT2D eigenvalue weighted by molar-refractivity contribution is 0.0970. The molecule has 1 aromatic carbocycles. The van der Waals surface area contributed by atoms with Crippen LogP contribution in [0.3, 0.4) is 0 Å². The summed E-state index contributed by atoms with van der Waals surface area (Å²) in [5.41, 5.74) is 2.51. The molecule has 1 aromatic rings. The molecule has 0 aliphatic carbocycles. The van der Waals surface area contributed by atoms with Crippen LogP contribution in [-0.4, -0.2) is 44.1 Å². The molecule has 4 nitrogen and oxygen atoms in total. The van der Waals surface area contributed by atoms with Gasteiger partial charge in [0.05, 0.1) is 6.61 Å². The molecule has 1 rings (SSSR count). The van der Waals surface area contributed by atoms with Gasteiger partial charge in [-0.25, -0.2) is 0 Å². The first-order chi connectivity index (χ1) is 10.2. The summed E-state index contributed by atoms with van der Waals surface area (Å²) in [5, 5.41) is 13.2. The van der Waals surface area contributed by atoms with Crippen LogP contribution in [0.15, 0.2) is 18.2 Å². The van der Waals surface area contributed by atoms with E-state index in [1.165, 1.54) is 5.56 Å². The molecule has 0 spiro atoms. The van der Waals surface area contributed by atoms with Crippen molar-refractivity contribution in [1.82, 2.24) is 5.32 Å². The van der Waals surface area contributed by atoms with Crippen LogP contribution in [0.1, 0.15) is 38.8 Å². The number of hydrogen-bond donors (Lipinski definition) is 2. The van der Waals surface area contributed by atoms with Crippen molar-refractivity contribution in [3.05, 3.63) is 29.3 Å². The summed E-state index contributed by atoms with van der Waals surface area (Å²) in [5.74, 6) is 0.831. The lowest BCUT2D eigenvalue weighted by atomic mass is 9.86. The Morgan fingerprint density at radius 2 is 1.91 bits per heavy atom. The lowest BCUT2D eigenvalue weighted by Gasteiger charge is -2.21. The van der Waals surface area contributed by atoms with Crippen LogP contribution in [0.5, 0.6) is 5.75 Å². The van der Waals surface area contributed by atoms with Gasteiger partial charge in [-0.05, 0) is 36.5 Å². The zero-order chi connectivity index (χ0) is 16.8. The van der Waals surface area contributed by atoms with Crippen LogP contribution >= 0.6 is 0 Å². The second-order valence-corrected chi connectivity index (χ2v) is 6.96. The summed E-state index contributed by atoms with van der Waals surface area (Å²) in [4.78, 5) is 0. The average Bonchev–Trinajstić information content (AvgIpc) is 2.43. The van der Waals surface area contributed by atoms with E-state index in [4.69, 9.17) is 9.47 Å². The lowest BCUT2D eigenvalue weighted by Crippen LogP contribution is -2.38. The van der Waals surface area contributed by atoms with Gasteiger partial charge in [0.2, 0.25) is 0 Å². The summed E-state index contributed by atoms with van der Waals surface area (Å²) in [6.07, 6.45) is -0.541. The fourth-order valence-electron chi connectivity index (χ4n) is 2.17. The maximum atomic E-state index is 9.97. The maximum Gasteiger partial charge on any atom is 0.122 e. The third kappa shape index (κ3) is 6.34. The van der Waals surface area contributed by atoms with Gasteiger partial charge in [0.1, 0.15) is 18.5 Å². The molecule has 0 heterocycles. The number of rotatable bonds is 8. The van der Waals surface area contributed by atoms with Gasteiger partial charge in [-0.15, -0.1) is 0 Å². The van der Waals surface area contributed by atoms with Gasteiger partial charge in [0, 0.05) is 19.7 Å². The maximum absolute atomic E-state index is 9.97. The number of nitrogens with one attached hydrogen (secondary N) is 1. The van der Waals surface area contributed by atoms with E-state index in [0.717, 1.165) is 11.3 Å². The van der Waals surface area contributed by atoms with E-state index < -0.39 is 6.10 Å². The molecule has 0 saturated carbocycles. The normalized spacial score (nSPS) is 14.7. The van der Waals surface area contributed by atoms with Crippen molar-refractivity contribution < 1.29 is 14.6 Å². The summed E-state index contributed by atoms with van der Waals surface area (Å²) < 4.78 is 10.8. The fraction of sp³-hybridized carbons (Fsp3) is 0.667. The molecule has 22 heavy (non-hydrogen) atoms. The first-order valence-electron chi connectivity index (χ1n) is 7.88. The molecule has 0 saturated heterocycles. The van der Waals surface area contributed by atoms with Crippen molar-refractivity contribution in [2.24, 2.45) is 0 Å². The van der Waals surface area contributed by atoms with E-state index in [1.54, 1.807) is 7.11 Å². The van der Waals surface area contributed by atoms with Gasteiger partial charge in [-0.3, -0.25) is 0 Å². The zero-order valence-corrected chi connectivity index (χ0v) is 14.8. The molecular formula is C18H31NO3. The highest BCUT2D eigenvalue weighted by atomic mass is 16.5. The van der Waals surface area contributed by atoms with Crippen molar-refractivity contribution in [2.75, 3.05) is 26.9 Å². The SMILES string of the molecule is COC[C@H](C)NC[C@H](O)COc1ccc(C(C)(C)C)cc1C. The number of aliphatic hydroxyl groups excluding tert-OH is 1. The molecule has 0 aromatic heterocycles. The molecule has 0 amide bonds. The largest absolute Gasteiger partial charge is 0.491 e. The number of hydrogen-bond acceptors (Lipinski definition) is 4. The summed E-state index contributed by atoms with van der Waals surface area (Å²) >= 11 is 0. The van der Waals surface area contributed by atoms with Crippen molar-refractivity contribution in [3.63, 3.8) is 0 Å². The number of aryl methyl sites for hydroxylation is 1. The van der Waals surface area contributed by atoms with Crippen LogP contribution in [0, 0.1) is 6.92 Å². The first-order valence-corrected chi connectivity index (χ1v) is 7.88. The molecule has 0 aliphatic rings. The number of benzene rings is 1. The zero-order valence-electron chi connectivity index (χ0n) is 14.8. The van der Waals surface area contributed by atoms with Crippen molar-refractivity contribution in [1.29, 1.82) is 0 Å². The molecule has 2 atom stereocenters. The van der Waals surface area contributed by atoms with E-state index >= 15 is 0 Å². The van der Waals surface area contributed by atoms with E-state index in [2.05, 4.69) is 38.2 Å². The Kier molecular flexibility index (Phi) is 7.33. The highest BCUT2D eigenvalue weighted by Crippen LogP contribution is 2.27. The van der Waals surface area contributed by atoms with Crippen LogP contribution in [0.4, 0.5) is 0 Å². The van der Waals surface area contributed by atoms with E-state index in [-0.39, 0.29) is 18.1 Å². The minimum atomic E-state index is -0.541. The number of ether oxygens (including phenoxy) is 2. The smallest absolute Gasteiger partial charge is 0.122 e. The standard InChI is InChI=1S/C18H31NO3/c1-13-9-15(18(3,4)5)7-8-17(13)22-12-16(20)10-19-14(2)11-21-6/h7-9,14,16,19-20H,10-12H2,1-6H3/t14-,16-/m0/s1. The van der Waals surface area contributed by atoms with Crippen LogP contribution in [0.2, 0.25) is 0 Å². The summed E-state index contributed by atoms with van der Waals surface area (Å²) in [6, 6.07) is 6.45. The third-order valence-corrected chi connectivity index (χ3v) is 3.59. The molecule has 126 valence electrons. The van der Waals surface area contributed by atoms with Crippen molar-refractivity contribution in [3.8, 4) is 5.75 Å². The summed E-state index contributed by atoms with van der Waals surface area (Å²) in [7, 11) is 1.67. The molecule has 2 N–H and O–H groups in total. The molecule has 0 bridgehead atoms. The molecule has 4 heteroatoms. The minimum absolute atomic E-state index is 0.129. The van der Waals surface area contributed by atoms with Gasteiger partial charge in [-0.1, -0.05) is 32.9 Å². The van der Waals surface area contributed by atoms with Crippen LogP contribution < -0.4 is 10.1 Å². The third-order valence-electron chi connectivity index (χ3n) is 3.59. The van der Waals surface area contributed by atoms with Gasteiger partial charge < -0.3 is 19.9 Å². The molecule has 0 fully saturated rings. The Bertz CT molecular complexity index is 454. The minimum Gasteiger partial charge on any atom is -0.491 e. The van der Waals surface area contributed by atoms with E-state index in [9.17, 15) is 5.11 Å². The fourth-order valence-corrected chi connectivity index (χ4v) is 2.17. The Morgan fingerprint density at radius 3 is 2.45 bits per heavy atom. The van der Waals surface area contributed by atoms with Gasteiger partial charge in [0.25, 0.3) is 0 Å². The highest BCUT2D eigenvalue weighted by molar-refractivity contribution is 5.38. The van der Waals surface area contributed by atoms with Crippen molar-refractivity contribution in [2.45, 2.75) is 52.2 Å². The molecular weight excluding hydrogens is 278 g/mol. The van der Waals surface area contributed by atoms with Gasteiger partial charge in [-0.2, -0.15) is 0 Å². The van der Waals surface area contributed by atoms with E-state index in [0.29, 0.717) is 13.2 Å².